The SMILES string of the molecule is O=[N+]([O-])c1ccc(C#Cc2ccc(C#Cc3cccc(C#Cc4ccc(C#Cc5ccc([N+](=O)[O-])cc5)cc4)c3)cc2)cc1. The fraction of sp³-hybridized carbons (Fsp3) is 0. The molecule has 206 valence electrons. The fourth-order valence-electron chi connectivity index (χ4n) is 3.86. The van der Waals surface area contributed by atoms with Gasteiger partial charge in [-0.15, -0.1) is 0 Å². The highest BCUT2D eigenvalue weighted by molar-refractivity contribution is 5.52. The molecule has 6 heteroatoms. The summed E-state index contributed by atoms with van der Waals surface area (Å²) in [5.74, 6) is 24.8. The lowest BCUT2D eigenvalue weighted by molar-refractivity contribution is -0.385. The highest BCUT2D eigenvalue weighted by Gasteiger charge is 2.03. The van der Waals surface area contributed by atoms with Gasteiger partial charge in [-0.05, 0) is 91.0 Å². The van der Waals surface area contributed by atoms with Crippen LogP contribution < -0.4 is 0 Å². The Morgan fingerprint density at radius 3 is 0.818 bits per heavy atom. The molecule has 0 atom stereocenters. The first-order valence-corrected chi connectivity index (χ1v) is 13.3. The molecule has 0 aliphatic rings. The molecule has 0 aliphatic carbocycles. The summed E-state index contributed by atoms with van der Waals surface area (Å²) >= 11 is 0. The lowest BCUT2D eigenvalue weighted by Gasteiger charge is -1.95. The zero-order chi connectivity index (χ0) is 30.7. The number of hydrogen-bond donors (Lipinski definition) is 0. The monoisotopic (exact) mass is 568 g/mol. The number of rotatable bonds is 2. The topological polar surface area (TPSA) is 86.3 Å². The van der Waals surface area contributed by atoms with Crippen molar-refractivity contribution in [1.29, 1.82) is 0 Å². The van der Waals surface area contributed by atoms with Gasteiger partial charge in [-0.3, -0.25) is 20.2 Å². The summed E-state index contributed by atoms with van der Waals surface area (Å²) in [4.78, 5) is 20.7. The van der Waals surface area contributed by atoms with E-state index in [-0.39, 0.29) is 11.4 Å². The minimum absolute atomic E-state index is 0.0353. The van der Waals surface area contributed by atoms with Crippen LogP contribution in [-0.2, 0) is 0 Å². The number of nitro benzene ring substituents is 2. The highest BCUT2D eigenvalue weighted by Crippen LogP contribution is 2.13. The Labute approximate surface area is 254 Å². The van der Waals surface area contributed by atoms with Crippen molar-refractivity contribution >= 4 is 11.4 Å². The molecule has 0 N–H and O–H groups in total. The Hall–Kier alpha value is -6.86. The molecule has 0 fully saturated rings. The van der Waals surface area contributed by atoms with E-state index in [1.165, 1.54) is 24.3 Å². The molecule has 0 spiro atoms. The van der Waals surface area contributed by atoms with Crippen molar-refractivity contribution in [3.63, 3.8) is 0 Å². The van der Waals surface area contributed by atoms with Crippen LogP contribution in [0.3, 0.4) is 0 Å². The van der Waals surface area contributed by atoms with Crippen molar-refractivity contribution in [1.82, 2.24) is 0 Å². The van der Waals surface area contributed by atoms with Gasteiger partial charge < -0.3 is 0 Å². The third-order valence-electron chi connectivity index (χ3n) is 6.19. The molecule has 0 heterocycles. The molecule has 5 aromatic carbocycles. The highest BCUT2D eigenvalue weighted by atomic mass is 16.6. The van der Waals surface area contributed by atoms with Gasteiger partial charge in [0.15, 0.2) is 0 Å². The first-order chi connectivity index (χ1) is 21.4. The first kappa shape index (κ1) is 28.7. The van der Waals surface area contributed by atoms with Crippen LogP contribution in [0.5, 0.6) is 0 Å². The van der Waals surface area contributed by atoms with Gasteiger partial charge in [-0.25, -0.2) is 0 Å². The van der Waals surface area contributed by atoms with E-state index in [9.17, 15) is 20.2 Å². The summed E-state index contributed by atoms with van der Waals surface area (Å²) in [6.45, 7) is 0. The molecule has 0 amide bonds. The molecule has 0 unspecified atom stereocenters. The Bertz CT molecular complexity index is 1950. The van der Waals surface area contributed by atoms with E-state index in [1.54, 1.807) is 24.3 Å². The van der Waals surface area contributed by atoms with E-state index in [4.69, 9.17) is 0 Å². The van der Waals surface area contributed by atoms with Crippen molar-refractivity contribution in [2.45, 2.75) is 0 Å². The summed E-state index contributed by atoms with van der Waals surface area (Å²) in [5, 5.41) is 21.6. The predicted octanol–water partition coefficient (Wildman–Crippen LogP) is 7.10. The third-order valence-corrected chi connectivity index (χ3v) is 6.19. The van der Waals surface area contributed by atoms with Crippen LogP contribution in [0.2, 0.25) is 0 Å². The summed E-state index contributed by atoms with van der Waals surface area (Å²) in [6, 6.07) is 35.1. The van der Waals surface area contributed by atoms with Gasteiger partial charge >= 0.3 is 0 Å². The Balaban J connectivity index is 1.20. The van der Waals surface area contributed by atoms with Crippen LogP contribution in [0.4, 0.5) is 11.4 Å². The summed E-state index contributed by atoms with van der Waals surface area (Å²) in [5.41, 5.74) is 6.48. The number of hydrogen-bond acceptors (Lipinski definition) is 4. The second-order valence-electron chi connectivity index (χ2n) is 9.34. The molecule has 0 aromatic heterocycles. The van der Waals surface area contributed by atoms with Crippen LogP contribution >= 0.6 is 0 Å². The van der Waals surface area contributed by atoms with Gasteiger partial charge in [-0.2, -0.15) is 0 Å². The normalized spacial score (nSPS) is 9.45. The lowest BCUT2D eigenvalue weighted by atomic mass is 10.1. The first-order valence-electron chi connectivity index (χ1n) is 13.3. The minimum Gasteiger partial charge on any atom is -0.258 e. The molecule has 0 saturated heterocycles. The van der Waals surface area contributed by atoms with Gasteiger partial charge in [0.25, 0.3) is 11.4 Å². The van der Waals surface area contributed by atoms with E-state index in [0.29, 0.717) is 11.1 Å². The summed E-state index contributed by atoms with van der Waals surface area (Å²) in [6.07, 6.45) is 0. The van der Waals surface area contributed by atoms with Crippen molar-refractivity contribution in [3.05, 3.63) is 186 Å². The zero-order valence-corrected chi connectivity index (χ0v) is 23.1. The quantitative estimate of drug-likeness (QED) is 0.129. The average Bonchev–Trinajstić information content (AvgIpc) is 3.06. The van der Waals surface area contributed by atoms with E-state index in [2.05, 4.69) is 47.4 Å². The predicted molar refractivity (Wildman–Crippen MR) is 169 cm³/mol. The molecule has 0 saturated carbocycles. The molecule has 0 radical (unpaired) electrons. The van der Waals surface area contributed by atoms with Crippen LogP contribution in [0.1, 0.15) is 44.5 Å². The zero-order valence-electron chi connectivity index (χ0n) is 23.1. The Kier molecular flexibility index (Phi) is 8.90. The van der Waals surface area contributed by atoms with Crippen LogP contribution in [0, 0.1) is 67.6 Å². The standard InChI is InChI=1S/C38H20N2O4/c41-39(42)37-24-20-33(21-25-37)14-12-29-4-8-31(9-5-29)16-18-35-2-1-3-36(28-35)19-17-32-10-6-30(7-11-32)13-15-34-22-26-38(27-23-34)40(43)44/h1-11,20-28H. The van der Waals surface area contributed by atoms with Crippen molar-refractivity contribution in [3.8, 4) is 47.4 Å². The van der Waals surface area contributed by atoms with Crippen LogP contribution in [0.25, 0.3) is 0 Å². The maximum atomic E-state index is 10.8. The van der Waals surface area contributed by atoms with Gasteiger partial charge in [0.1, 0.15) is 0 Å². The average molecular weight is 569 g/mol. The maximum absolute atomic E-state index is 10.8. The van der Waals surface area contributed by atoms with E-state index in [0.717, 1.165) is 33.4 Å². The third kappa shape index (κ3) is 8.09. The number of non-ortho nitro benzene ring substituents is 2. The number of nitrogens with zero attached hydrogens (tertiary/aromatic N) is 2. The molecule has 6 nitrogen and oxygen atoms in total. The van der Waals surface area contributed by atoms with Gasteiger partial charge in [-0.1, -0.05) is 53.4 Å². The van der Waals surface area contributed by atoms with Gasteiger partial charge in [0, 0.05) is 68.8 Å². The minimum atomic E-state index is -0.437. The van der Waals surface area contributed by atoms with Crippen LogP contribution in [-0.4, -0.2) is 9.85 Å². The molecule has 5 aromatic rings. The van der Waals surface area contributed by atoms with Crippen LogP contribution in [0.15, 0.2) is 121 Å². The second-order valence-corrected chi connectivity index (χ2v) is 9.34. The molecule has 0 bridgehead atoms. The lowest BCUT2D eigenvalue weighted by Crippen LogP contribution is -1.87. The number of nitro groups is 2. The van der Waals surface area contributed by atoms with E-state index < -0.39 is 9.85 Å². The van der Waals surface area contributed by atoms with E-state index in [1.807, 2.05) is 72.8 Å². The van der Waals surface area contributed by atoms with E-state index >= 15 is 0 Å². The Morgan fingerprint density at radius 1 is 0.341 bits per heavy atom. The molecule has 5 rings (SSSR count). The largest absolute Gasteiger partial charge is 0.269 e. The summed E-state index contributed by atoms with van der Waals surface area (Å²) in [7, 11) is 0. The van der Waals surface area contributed by atoms with Gasteiger partial charge in [0.2, 0.25) is 0 Å². The number of benzene rings is 5. The fourth-order valence-corrected chi connectivity index (χ4v) is 3.86. The summed E-state index contributed by atoms with van der Waals surface area (Å²) < 4.78 is 0. The Morgan fingerprint density at radius 2 is 0.568 bits per heavy atom. The molecular weight excluding hydrogens is 548 g/mol. The second kappa shape index (κ2) is 13.7. The van der Waals surface area contributed by atoms with Crippen molar-refractivity contribution in [2.24, 2.45) is 0 Å². The molecule has 44 heavy (non-hydrogen) atoms. The molecular formula is C38H20N2O4. The smallest absolute Gasteiger partial charge is 0.258 e. The van der Waals surface area contributed by atoms with Crippen molar-refractivity contribution in [2.75, 3.05) is 0 Å². The maximum Gasteiger partial charge on any atom is 0.269 e. The van der Waals surface area contributed by atoms with Crippen molar-refractivity contribution < 1.29 is 9.85 Å². The molecule has 0 aliphatic heterocycles. The van der Waals surface area contributed by atoms with Gasteiger partial charge in [0.05, 0.1) is 9.85 Å².